The number of nitrogens with zero attached hydrogens (tertiary/aromatic N) is 3. The van der Waals surface area contributed by atoms with Gasteiger partial charge >= 0.3 is 5.97 Å². The molecule has 0 spiro atoms. The summed E-state index contributed by atoms with van der Waals surface area (Å²) < 4.78 is 0.724. The predicted octanol–water partition coefficient (Wildman–Crippen LogP) is 3.14. The molecule has 1 saturated heterocycles. The Morgan fingerprint density at radius 2 is 1.59 bits per heavy atom. The Kier molecular flexibility index (Phi) is 6.88. The maximum Gasteiger partial charge on any atom is 0.336 e. The van der Waals surface area contributed by atoms with Gasteiger partial charge in [-0.3, -0.25) is 9.69 Å². The van der Waals surface area contributed by atoms with Crippen LogP contribution in [0.2, 0.25) is 0 Å². The number of piperidine rings is 1. The van der Waals surface area contributed by atoms with Gasteiger partial charge in [0.1, 0.15) is 0 Å². The lowest BCUT2D eigenvalue weighted by atomic mass is 9.95. The molecule has 1 aromatic heterocycles. The van der Waals surface area contributed by atoms with Gasteiger partial charge in [0, 0.05) is 38.3 Å². The zero-order valence-corrected chi connectivity index (χ0v) is 19.3. The van der Waals surface area contributed by atoms with Crippen LogP contribution < -0.4 is 4.84 Å². The molecule has 2 heterocycles. The van der Waals surface area contributed by atoms with Crippen molar-refractivity contribution in [3.8, 4) is 22.9 Å². The van der Waals surface area contributed by atoms with E-state index in [0.717, 1.165) is 21.4 Å². The van der Waals surface area contributed by atoms with Gasteiger partial charge in [0.2, 0.25) is 11.8 Å². The molecule has 0 unspecified atom stereocenters. The molecule has 0 aliphatic carbocycles. The van der Waals surface area contributed by atoms with Gasteiger partial charge in [-0.2, -0.15) is 0 Å². The number of aromatic nitrogens is 1. The molecule has 1 aliphatic rings. The van der Waals surface area contributed by atoms with Crippen molar-refractivity contribution in [2.45, 2.75) is 19.4 Å². The SMILES string of the molecule is CN(C)C(=O)c1cc(-c2ccccc2)ccc1CN1CCC(C(=O)On2c(O)ccc2O)CC1. The minimum absolute atomic E-state index is 0.0439. The van der Waals surface area contributed by atoms with Gasteiger partial charge in [0.25, 0.3) is 5.91 Å². The highest BCUT2D eigenvalue weighted by atomic mass is 16.7. The third kappa shape index (κ3) is 5.07. The van der Waals surface area contributed by atoms with Gasteiger partial charge in [0.05, 0.1) is 5.92 Å². The second-order valence-electron chi connectivity index (χ2n) is 8.74. The van der Waals surface area contributed by atoms with Crippen LogP contribution in [-0.2, 0) is 11.3 Å². The average molecular weight is 464 g/mol. The summed E-state index contributed by atoms with van der Waals surface area (Å²) in [4.78, 5) is 34.4. The Hall–Kier alpha value is -3.78. The standard InChI is InChI=1S/C26H29N3O5/c1-27(2)25(32)22-16-20(18-6-4-3-5-7-18)8-9-21(22)17-28-14-12-19(13-15-28)26(33)34-29-23(30)10-11-24(29)31/h3-11,16,19,30-31H,12-15,17H2,1-2H3. The van der Waals surface area contributed by atoms with Gasteiger partial charge in [-0.05, 0) is 48.7 Å². The first-order valence-corrected chi connectivity index (χ1v) is 11.3. The van der Waals surface area contributed by atoms with Crippen LogP contribution in [0.15, 0.2) is 60.7 Å². The molecule has 1 aliphatic heterocycles. The van der Waals surface area contributed by atoms with E-state index in [1.807, 2.05) is 48.5 Å². The molecule has 1 amide bonds. The van der Waals surface area contributed by atoms with Gasteiger partial charge in [0.15, 0.2) is 0 Å². The number of amides is 1. The third-order valence-electron chi connectivity index (χ3n) is 6.15. The molecule has 4 rings (SSSR count). The van der Waals surface area contributed by atoms with Crippen LogP contribution in [0.25, 0.3) is 11.1 Å². The van der Waals surface area contributed by atoms with Gasteiger partial charge in [-0.15, -0.1) is 4.73 Å². The molecular weight excluding hydrogens is 434 g/mol. The molecule has 3 aromatic rings. The maximum absolute atomic E-state index is 12.9. The molecule has 2 N–H and O–H groups in total. The van der Waals surface area contributed by atoms with Crippen molar-refractivity contribution < 1.29 is 24.6 Å². The largest absolute Gasteiger partial charge is 0.492 e. The summed E-state index contributed by atoms with van der Waals surface area (Å²) in [6.45, 7) is 1.93. The molecule has 8 nitrogen and oxygen atoms in total. The predicted molar refractivity (Wildman–Crippen MR) is 127 cm³/mol. The Labute approximate surface area is 198 Å². The summed E-state index contributed by atoms with van der Waals surface area (Å²) in [6, 6.07) is 18.5. The molecule has 178 valence electrons. The lowest BCUT2D eigenvalue weighted by molar-refractivity contribution is -0.152. The summed E-state index contributed by atoms with van der Waals surface area (Å²) in [5.74, 6) is -1.53. The lowest BCUT2D eigenvalue weighted by Crippen LogP contribution is -2.39. The van der Waals surface area contributed by atoms with E-state index < -0.39 is 5.97 Å². The van der Waals surface area contributed by atoms with E-state index in [0.29, 0.717) is 38.0 Å². The highest BCUT2D eigenvalue weighted by molar-refractivity contribution is 5.96. The number of likely N-dealkylation sites (tertiary alicyclic amines) is 1. The van der Waals surface area contributed by atoms with E-state index in [1.165, 1.54) is 12.1 Å². The smallest absolute Gasteiger partial charge is 0.336 e. The molecule has 0 saturated carbocycles. The Morgan fingerprint density at radius 3 is 2.21 bits per heavy atom. The second kappa shape index (κ2) is 10.0. The number of rotatable bonds is 6. The minimum atomic E-state index is -0.489. The van der Waals surface area contributed by atoms with Crippen molar-refractivity contribution in [2.24, 2.45) is 5.92 Å². The number of hydrogen-bond donors (Lipinski definition) is 2. The van der Waals surface area contributed by atoms with E-state index in [1.54, 1.807) is 19.0 Å². The van der Waals surface area contributed by atoms with Crippen molar-refractivity contribution in [3.63, 3.8) is 0 Å². The third-order valence-corrected chi connectivity index (χ3v) is 6.15. The van der Waals surface area contributed by atoms with Crippen molar-refractivity contribution >= 4 is 11.9 Å². The molecular formula is C26H29N3O5. The normalized spacial score (nSPS) is 14.6. The number of benzene rings is 2. The number of carbonyl (C=O) groups is 2. The molecule has 0 bridgehead atoms. The fraction of sp³-hybridized carbons (Fsp3) is 0.308. The second-order valence-corrected chi connectivity index (χ2v) is 8.74. The summed E-state index contributed by atoms with van der Waals surface area (Å²) in [5, 5.41) is 19.3. The summed E-state index contributed by atoms with van der Waals surface area (Å²) >= 11 is 0. The van der Waals surface area contributed by atoms with E-state index in [-0.39, 0.29) is 23.6 Å². The first kappa shape index (κ1) is 23.4. The van der Waals surface area contributed by atoms with Gasteiger partial charge in [-0.25, -0.2) is 4.79 Å². The number of aromatic hydroxyl groups is 2. The molecule has 2 aromatic carbocycles. The Balaban J connectivity index is 1.44. The first-order valence-electron chi connectivity index (χ1n) is 11.3. The average Bonchev–Trinajstić information content (AvgIpc) is 3.16. The number of hydrogen-bond acceptors (Lipinski definition) is 6. The van der Waals surface area contributed by atoms with Crippen LogP contribution in [0.5, 0.6) is 11.8 Å². The van der Waals surface area contributed by atoms with Crippen LogP contribution in [0.3, 0.4) is 0 Å². The van der Waals surface area contributed by atoms with Crippen LogP contribution in [0, 0.1) is 5.92 Å². The molecule has 0 radical (unpaired) electrons. The Morgan fingerprint density at radius 1 is 0.941 bits per heavy atom. The summed E-state index contributed by atoms with van der Waals surface area (Å²) in [6.07, 6.45) is 1.17. The van der Waals surface area contributed by atoms with Gasteiger partial charge in [-0.1, -0.05) is 42.5 Å². The fourth-order valence-electron chi connectivity index (χ4n) is 4.19. The molecule has 1 fully saturated rings. The van der Waals surface area contributed by atoms with E-state index in [4.69, 9.17) is 4.84 Å². The lowest BCUT2D eigenvalue weighted by Gasteiger charge is -2.31. The van der Waals surface area contributed by atoms with Crippen molar-refractivity contribution in [1.82, 2.24) is 14.5 Å². The van der Waals surface area contributed by atoms with E-state index in [2.05, 4.69) is 4.90 Å². The minimum Gasteiger partial charge on any atom is -0.492 e. The highest BCUT2D eigenvalue weighted by Gasteiger charge is 2.28. The fourth-order valence-corrected chi connectivity index (χ4v) is 4.19. The topological polar surface area (TPSA) is 95.2 Å². The first-order chi connectivity index (χ1) is 16.3. The zero-order chi connectivity index (χ0) is 24.2. The van der Waals surface area contributed by atoms with Gasteiger partial charge < -0.3 is 20.0 Å². The Bertz CT molecular complexity index is 1140. The zero-order valence-electron chi connectivity index (χ0n) is 19.3. The molecule has 8 heteroatoms. The van der Waals surface area contributed by atoms with Crippen LogP contribution in [0.4, 0.5) is 0 Å². The molecule has 34 heavy (non-hydrogen) atoms. The van der Waals surface area contributed by atoms with Crippen molar-refractivity contribution in [3.05, 3.63) is 71.8 Å². The van der Waals surface area contributed by atoms with Crippen molar-refractivity contribution in [1.29, 1.82) is 0 Å². The monoisotopic (exact) mass is 463 g/mol. The van der Waals surface area contributed by atoms with Crippen LogP contribution in [-0.4, -0.2) is 63.8 Å². The van der Waals surface area contributed by atoms with E-state index in [9.17, 15) is 19.8 Å². The van der Waals surface area contributed by atoms with E-state index >= 15 is 0 Å². The highest BCUT2D eigenvalue weighted by Crippen LogP contribution is 2.27. The van der Waals surface area contributed by atoms with Crippen molar-refractivity contribution in [2.75, 3.05) is 27.2 Å². The van der Waals surface area contributed by atoms with Crippen LogP contribution >= 0.6 is 0 Å². The molecule has 0 atom stereocenters. The van der Waals surface area contributed by atoms with Crippen LogP contribution in [0.1, 0.15) is 28.8 Å². The summed E-state index contributed by atoms with van der Waals surface area (Å²) in [7, 11) is 3.50. The maximum atomic E-state index is 12.9. The quantitative estimate of drug-likeness (QED) is 0.583. The number of carbonyl (C=O) groups excluding carboxylic acids is 2. The summed E-state index contributed by atoms with van der Waals surface area (Å²) in [5.41, 5.74) is 3.67.